The number of nitrogens with zero attached hydrogens (tertiary/aromatic N) is 1. The molecule has 2 aromatic rings. The molecule has 0 saturated carbocycles. The van der Waals surface area contributed by atoms with Gasteiger partial charge >= 0.3 is 0 Å². The number of hydrogen-bond acceptors (Lipinski definition) is 4. The zero-order valence-corrected chi connectivity index (χ0v) is 11.6. The Morgan fingerprint density at radius 2 is 2.00 bits per heavy atom. The molecule has 1 aromatic carbocycles. The van der Waals surface area contributed by atoms with Crippen molar-refractivity contribution in [2.75, 3.05) is 0 Å². The van der Waals surface area contributed by atoms with Gasteiger partial charge in [0.1, 0.15) is 22.2 Å². The maximum atomic E-state index is 13.4. The largest absolute Gasteiger partial charge is 0.360 e. The molecule has 0 fully saturated rings. The Kier molecular flexibility index (Phi) is 3.87. The van der Waals surface area contributed by atoms with Crippen LogP contribution < -0.4 is 4.72 Å². The number of nitrogens with one attached hydrogen (secondary N) is 1. The highest BCUT2D eigenvalue weighted by Gasteiger charge is 2.24. The summed E-state index contributed by atoms with van der Waals surface area (Å²) in [6.45, 7) is 2.66. The third-order valence-corrected chi connectivity index (χ3v) is 4.35. The monoisotopic (exact) mass is 302 g/mol. The summed E-state index contributed by atoms with van der Waals surface area (Å²) < 4.78 is 57.3. The van der Waals surface area contributed by atoms with Crippen LogP contribution in [0.15, 0.2) is 27.6 Å². The molecule has 1 aromatic heterocycles. The van der Waals surface area contributed by atoms with Crippen molar-refractivity contribution in [3.05, 3.63) is 46.9 Å². The van der Waals surface area contributed by atoms with Gasteiger partial charge in [0.25, 0.3) is 0 Å². The summed E-state index contributed by atoms with van der Waals surface area (Å²) in [6, 6.07) is 2.93. The van der Waals surface area contributed by atoms with Crippen molar-refractivity contribution in [3.63, 3.8) is 0 Å². The molecule has 0 saturated heterocycles. The number of hydrogen-bond donors (Lipinski definition) is 1. The Morgan fingerprint density at radius 1 is 1.30 bits per heavy atom. The van der Waals surface area contributed by atoms with Gasteiger partial charge in [-0.1, -0.05) is 11.2 Å². The van der Waals surface area contributed by atoms with Gasteiger partial charge in [-0.15, -0.1) is 0 Å². The van der Waals surface area contributed by atoms with E-state index in [0.717, 1.165) is 6.07 Å². The molecule has 0 aliphatic carbocycles. The van der Waals surface area contributed by atoms with Crippen molar-refractivity contribution in [2.24, 2.45) is 0 Å². The van der Waals surface area contributed by atoms with E-state index in [1.807, 2.05) is 0 Å². The van der Waals surface area contributed by atoms with Crippen LogP contribution in [0.25, 0.3) is 0 Å². The highest BCUT2D eigenvalue weighted by atomic mass is 32.2. The highest BCUT2D eigenvalue weighted by molar-refractivity contribution is 7.89. The van der Waals surface area contributed by atoms with Crippen LogP contribution in [0.3, 0.4) is 0 Å². The topological polar surface area (TPSA) is 72.2 Å². The smallest absolute Gasteiger partial charge is 0.246 e. The normalized spacial score (nSPS) is 11.8. The third kappa shape index (κ3) is 2.86. The first-order valence-corrected chi connectivity index (χ1v) is 7.16. The summed E-state index contributed by atoms with van der Waals surface area (Å²) in [5.41, 5.74) is 0.260. The highest BCUT2D eigenvalue weighted by Crippen LogP contribution is 2.19. The lowest BCUT2D eigenvalue weighted by Gasteiger charge is -2.07. The lowest BCUT2D eigenvalue weighted by atomic mass is 10.2. The fraction of sp³-hybridized carbons (Fsp3) is 0.250. The standard InChI is InChI=1S/C12H12F2N2O3S/c1-7-12(8(2)19-16-7)20(17,18)15-6-9-3-4-10(13)5-11(9)14/h3-5,15H,6H2,1-2H3. The lowest BCUT2D eigenvalue weighted by molar-refractivity contribution is 0.390. The fourth-order valence-electron chi connectivity index (χ4n) is 1.77. The van der Waals surface area contributed by atoms with Gasteiger partial charge in [-0.25, -0.2) is 21.9 Å². The summed E-state index contributed by atoms with van der Waals surface area (Å²) >= 11 is 0. The SMILES string of the molecule is Cc1noc(C)c1S(=O)(=O)NCc1ccc(F)cc1F. The van der Waals surface area contributed by atoms with Crippen molar-refractivity contribution < 1.29 is 21.7 Å². The van der Waals surface area contributed by atoms with Gasteiger partial charge < -0.3 is 4.52 Å². The maximum Gasteiger partial charge on any atom is 0.246 e. The number of halogens is 2. The molecule has 8 heteroatoms. The molecule has 0 amide bonds. The molecule has 1 heterocycles. The van der Waals surface area contributed by atoms with Crippen LogP contribution in [0.1, 0.15) is 17.0 Å². The van der Waals surface area contributed by atoms with E-state index >= 15 is 0 Å². The number of rotatable bonds is 4. The molecule has 2 rings (SSSR count). The van der Waals surface area contributed by atoms with E-state index in [4.69, 9.17) is 4.52 Å². The number of aryl methyl sites for hydroxylation is 2. The first kappa shape index (κ1) is 14.6. The minimum atomic E-state index is -3.87. The van der Waals surface area contributed by atoms with Gasteiger partial charge in [-0.3, -0.25) is 0 Å². The van der Waals surface area contributed by atoms with Gasteiger partial charge in [0.2, 0.25) is 10.0 Å². The fourth-order valence-corrected chi connectivity index (χ4v) is 3.10. The molecule has 5 nitrogen and oxygen atoms in total. The van der Waals surface area contributed by atoms with E-state index in [1.165, 1.54) is 19.9 Å². The molecular formula is C12H12F2N2O3S. The Morgan fingerprint density at radius 3 is 2.55 bits per heavy atom. The summed E-state index contributed by atoms with van der Waals surface area (Å²) in [5.74, 6) is -1.39. The predicted octanol–water partition coefficient (Wildman–Crippen LogP) is 2.05. The Hall–Kier alpha value is -1.80. The number of aromatic nitrogens is 1. The van der Waals surface area contributed by atoms with Gasteiger partial charge in [0.15, 0.2) is 5.76 Å². The minimum Gasteiger partial charge on any atom is -0.360 e. The molecule has 108 valence electrons. The van der Waals surface area contributed by atoms with Crippen molar-refractivity contribution >= 4 is 10.0 Å². The van der Waals surface area contributed by atoms with Crippen LogP contribution in [0.2, 0.25) is 0 Å². The van der Waals surface area contributed by atoms with Crippen LogP contribution >= 0.6 is 0 Å². The molecule has 0 radical (unpaired) electrons. The average molecular weight is 302 g/mol. The van der Waals surface area contributed by atoms with E-state index in [0.29, 0.717) is 6.07 Å². The minimum absolute atomic E-state index is 0.0433. The van der Waals surface area contributed by atoms with Gasteiger partial charge in [0, 0.05) is 18.2 Å². The molecule has 0 bridgehead atoms. The Bertz CT molecular complexity index is 722. The maximum absolute atomic E-state index is 13.4. The summed E-state index contributed by atoms with van der Waals surface area (Å²) in [5, 5.41) is 3.55. The molecular weight excluding hydrogens is 290 g/mol. The Balaban J connectivity index is 2.22. The lowest BCUT2D eigenvalue weighted by Crippen LogP contribution is -2.24. The van der Waals surface area contributed by atoms with Crippen LogP contribution in [-0.4, -0.2) is 13.6 Å². The molecule has 0 aliphatic heterocycles. The summed E-state index contributed by atoms with van der Waals surface area (Å²) in [7, 11) is -3.87. The molecule has 20 heavy (non-hydrogen) atoms. The van der Waals surface area contributed by atoms with E-state index in [9.17, 15) is 17.2 Å². The second-order valence-electron chi connectivity index (χ2n) is 4.21. The van der Waals surface area contributed by atoms with Crippen LogP contribution in [0.5, 0.6) is 0 Å². The summed E-state index contributed by atoms with van der Waals surface area (Å²) in [4.78, 5) is -0.0694. The molecule has 0 unspecified atom stereocenters. The first-order valence-electron chi connectivity index (χ1n) is 5.67. The second kappa shape index (κ2) is 5.29. The molecule has 1 N–H and O–H groups in total. The molecule has 0 atom stereocenters. The van der Waals surface area contributed by atoms with E-state index < -0.39 is 21.7 Å². The summed E-state index contributed by atoms with van der Waals surface area (Å²) in [6.07, 6.45) is 0. The Labute approximate surface area is 114 Å². The predicted molar refractivity (Wildman–Crippen MR) is 66.4 cm³/mol. The second-order valence-corrected chi connectivity index (χ2v) is 5.92. The molecule has 0 spiro atoms. The zero-order chi connectivity index (χ0) is 14.9. The quantitative estimate of drug-likeness (QED) is 0.938. The van der Waals surface area contributed by atoms with Crippen LogP contribution in [-0.2, 0) is 16.6 Å². The average Bonchev–Trinajstić information content (AvgIpc) is 2.68. The first-order chi connectivity index (χ1) is 9.31. The van der Waals surface area contributed by atoms with E-state index in [2.05, 4.69) is 9.88 Å². The van der Waals surface area contributed by atoms with Gasteiger partial charge in [-0.05, 0) is 19.9 Å². The zero-order valence-electron chi connectivity index (χ0n) is 10.8. The van der Waals surface area contributed by atoms with Gasteiger partial charge in [0.05, 0.1) is 0 Å². The number of benzene rings is 1. The van der Waals surface area contributed by atoms with Crippen molar-refractivity contribution in [2.45, 2.75) is 25.3 Å². The van der Waals surface area contributed by atoms with E-state index in [1.54, 1.807) is 0 Å². The van der Waals surface area contributed by atoms with Crippen LogP contribution in [0.4, 0.5) is 8.78 Å². The number of sulfonamides is 1. The van der Waals surface area contributed by atoms with E-state index in [-0.39, 0.29) is 28.5 Å². The van der Waals surface area contributed by atoms with Crippen molar-refractivity contribution in [1.29, 1.82) is 0 Å². The van der Waals surface area contributed by atoms with Gasteiger partial charge in [-0.2, -0.15) is 0 Å². The van der Waals surface area contributed by atoms with Crippen molar-refractivity contribution in [1.82, 2.24) is 9.88 Å². The van der Waals surface area contributed by atoms with Crippen LogP contribution in [0, 0.1) is 25.5 Å². The molecule has 0 aliphatic rings. The van der Waals surface area contributed by atoms with Crippen molar-refractivity contribution in [3.8, 4) is 0 Å². The third-order valence-electron chi connectivity index (χ3n) is 2.70.